The number of nitrogens with one attached hydrogen (secondary N) is 1. The molecule has 1 aromatic carbocycles. The van der Waals surface area contributed by atoms with E-state index in [1.807, 2.05) is 32.9 Å². The SMILES string of the molecule is Cc1cc(C)c2c(C)c(C(=O)OC(C)c3nc4ccccc4c(=O)[nH]3)sc2n1. The van der Waals surface area contributed by atoms with Crippen molar-refractivity contribution in [3.8, 4) is 0 Å². The van der Waals surface area contributed by atoms with Crippen molar-refractivity contribution in [2.75, 3.05) is 0 Å². The van der Waals surface area contributed by atoms with Crippen molar-refractivity contribution in [2.45, 2.75) is 33.8 Å². The Morgan fingerprint density at radius 1 is 1.18 bits per heavy atom. The number of nitrogens with zero attached hydrogens (tertiary/aromatic N) is 2. The maximum atomic E-state index is 12.8. The second-order valence-corrected chi connectivity index (χ2v) is 7.83. The molecule has 4 rings (SSSR count). The smallest absolute Gasteiger partial charge is 0.349 e. The number of rotatable bonds is 3. The van der Waals surface area contributed by atoms with Crippen LogP contribution in [0.3, 0.4) is 0 Å². The van der Waals surface area contributed by atoms with Gasteiger partial charge in [-0.1, -0.05) is 12.1 Å². The minimum absolute atomic E-state index is 0.253. The zero-order valence-electron chi connectivity index (χ0n) is 16.0. The third-order valence-electron chi connectivity index (χ3n) is 4.71. The van der Waals surface area contributed by atoms with Crippen LogP contribution in [-0.4, -0.2) is 20.9 Å². The molecule has 3 heterocycles. The average Bonchev–Trinajstić information content (AvgIpc) is 2.98. The average molecular weight is 393 g/mol. The van der Waals surface area contributed by atoms with E-state index >= 15 is 0 Å². The largest absolute Gasteiger partial charge is 0.450 e. The van der Waals surface area contributed by atoms with Crippen LogP contribution >= 0.6 is 11.3 Å². The molecule has 7 heteroatoms. The molecule has 0 aliphatic carbocycles. The highest BCUT2D eigenvalue weighted by molar-refractivity contribution is 7.20. The molecule has 0 aliphatic heterocycles. The molecule has 6 nitrogen and oxygen atoms in total. The van der Waals surface area contributed by atoms with Crippen LogP contribution in [0.15, 0.2) is 35.1 Å². The van der Waals surface area contributed by atoms with Gasteiger partial charge < -0.3 is 9.72 Å². The Bertz CT molecular complexity index is 1290. The normalized spacial score (nSPS) is 12.4. The fraction of sp³-hybridized carbons (Fsp3) is 0.238. The van der Waals surface area contributed by atoms with Crippen molar-refractivity contribution in [1.29, 1.82) is 0 Å². The molecule has 4 aromatic rings. The maximum Gasteiger partial charge on any atom is 0.349 e. The van der Waals surface area contributed by atoms with E-state index in [0.29, 0.717) is 21.6 Å². The minimum Gasteiger partial charge on any atom is -0.450 e. The maximum absolute atomic E-state index is 12.8. The number of fused-ring (bicyclic) bond motifs is 2. The Morgan fingerprint density at radius 3 is 2.71 bits per heavy atom. The van der Waals surface area contributed by atoms with Gasteiger partial charge in [0.15, 0.2) is 11.9 Å². The first-order valence-electron chi connectivity index (χ1n) is 8.92. The number of hydrogen-bond donors (Lipinski definition) is 1. The topological polar surface area (TPSA) is 84.9 Å². The number of aromatic nitrogens is 3. The Kier molecular flexibility index (Phi) is 4.47. The molecule has 28 heavy (non-hydrogen) atoms. The zero-order valence-corrected chi connectivity index (χ0v) is 16.8. The van der Waals surface area contributed by atoms with Crippen LogP contribution in [0.2, 0.25) is 0 Å². The molecule has 0 aliphatic rings. The Balaban J connectivity index is 1.67. The lowest BCUT2D eigenvalue weighted by Crippen LogP contribution is -2.17. The van der Waals surface area contributed by atoms with Crippen LogP contribution in [0.4, 0.5) is 0 Å². The van der Waals surface area contributed by atoms with Crippen LogP contribution in [-0.2, 0) is 4.74 Å². The number of aromatic amines is 1. The van der Waals surface area contributed by atoms with Gasteiger partial charge in [-0.25, -0.2) is 14.8 Å². The van der Waals surface area contributed by atoms with E-state index in [-0.39, 0.29) is 5.56 Å². The third-order valence-corrected chi connectivity index (χ3v) is 5.88. The summed E-state index contributed by atoms with van der Waals surface area (Å²) in [6, 6.07) is 9.07. The van der Waals surface area contributed by atoms with Crippen molar-refractivity contribution in [2.24, 2.45) is 0 Å². The predicted molar refractivity (Wildman–Crippen MR) is 110 cm³/mol. The van der Waals surface area contributed by atoms with E-state index < -0.39 is 12.1 Å². The van der Waals surface area contributed by atoms with Crippen molar-refractivity contribution in [3.63, 3.8) is 0 Å². The fourth-order valence-corrected chi connectivity index (χ4v) is 4.57. The highest BCUT2D eigenvalue weighted by atomic mass is 32.1. The van der Waals surface area contributed by atoms with E-state index in [0.717, 1.165) is 27.0 Å². The molecular weight excluding hydrogens is 374 g/mol. The standard InChI is InChI=1S/C21H19N3O3S/c1-10-9-11(2)22-20-16(10)12(3)17(28-20)21(26)27-13(4)18-23-15-8-6-5-7-14(15)19(25)24-18/h5-9,13H,1-4H3,(H,23,24,25). The zero-order chi connectivity index (χ0) is 20.0. The predicted octanol–water partition coefficient (Wildman–Crippen LogP) is 4.38. The van der Waals surface area contributed by atoms with E-state index in [1.54, 1.807) is 25.1 Å². The first-order valence-corrected chi connectivity index (χ1v) is 9.74. The van der Waals surface area contributed by atoms with Gasteiger partial charge in [-0.15, -0.1) is 11.3 Å². The Hall–Kier alpha value is -3.06. The fourth-order valence-electron chi connectivity index (χ4n) is 3.38. The first kappa shape index (κ1) is 18.3. The van der Waals surface area contributed by atoms with Gasteiger partial charge >= 0.3 is 5.97 Å². The quantitative estimate of drug-likeness (QED) is 0.522. The molecule has 3 aromatic heterocycles. The van der Waals surface area contributed by atoms with Gasteiger partial charge in [0.05, 0.1) is 10.9 Å². The summed E-state index contributed by atoms with van der Waals surface area (Å²) < 4.78 is 5.62. The molecule has 0 fully saturated rings. The van der Waals surface area contributed by atoms with Crippen LogP contribution in [0.1, 0.15) is 45.3 Å². The van der Waals surface area contributed by atoms with Crippen LogP contribution in [0.5, 0.6) is 0 Å². The summed E-state index contributed by atoms with van der Waals surface area (Å²) in [5, 5.41) is 1.49. The van der Waals surface area contributed by atoms with Gasteiger partial charge in [0, 0.05) is 11.1 Å². The first-order chi connectivity index (χ1) is 13.3. The van der Waals surface area contributed by atoms with E-state index in [9.17, 15) is 9.59 Å². The van der Waals surface area contributed by atoms with Gasteiger partial charge in [-0.3, -0.25) is 4.79 Å². The van der Waals surface area contributed by atoms with E-state index in [1.165, 1.54) is 11.3 Å². The molecule has 1 atom stereocenters. The molecule has 142 valence electrons. The third kappa shape index (κ3) is 3.07. The van der Waals surface area contributed by atoms with Gasteiger partial charge in [0.25, 0.3) is 5.56 Å². The number of carbonyl (C=O) groups excluding carboxylic acids is 1. The highest BCUT2D eigenvalue weighted by Crippen LogP contribution is 2.33. The molecule has 1 N–H and O–H groups in total. The van der Waals surface area contributed by atoms with Gasteiger partial charge in [0.1, 0.15) is 9.71 Å². The molecule has 0 saturated heterocycles. The number of hydrogen-bond acceptors (Lipinski definition) is 6. The summed E-state index contributed by atoms with van der Waals surface area (Å²) in [5.74, 6) is -0.123. The molecule has 0 amide bonds. The molecular formula is C21H19N3O3S. The Labute approximate surface area is 165 Å². The minimum atomic E-state index is -0.690. The summed E-state index contributed by atoms with van der Waals surface area (Å²) >= 11 is 1.33. The summed E-state index contributed by atoms with van der Waals surface area (Å²) in [4.78, 5) is 38.1. The number of benzene rings is 1. The number of carbonyl (C=O) groups is 1. The number of esters is 1. The van der Waals surface area contributed by atoms with Crippen molar-refractivity contribution >= 4 is 38.4 Å². The number of H-pyrrole nitrogens is 1. The van der Waals surface area contributed by atoms with Gasteiger partial charge in [-0.05, 0) is 57.0 Å². The molecule has 0 saturated carbocycles. The van der Waals surface area contributed by atoms with Crippen molar-refractivity contribution in [1.82, 2.24) is 15.0 Å². The number of aryl methyl sites for hydroxylation is 3. The van der Waals surface area contributed by atoms with Gasteiger partial charge in [-0.2, -0.15) is 0 Å². The molecule has 0 spiro atoms. The van der Waals surface area contributed by atoms with Gasteiger partial charge in [0.2, 0.25) is 0 Å². The van der Waals surface area contributed by atoms with Crippen molar-refractivity contribution < 1.29 is 9.53 Å². The monoisotopic (exact) mass is 393 g/mol. The summed E-state index contributed by atoms with van der Waals surface area (Å²) in [6.45, 7) is 7.54. The van der Waals surface area contributed by atoms with Crippen LogP contribution < -0.4 is 5.56 Å². The van der Waals surface area contributed by atoms with Crippen molar-refractivity contribution in [3.05, 3.63) is 68.2 Å². The number of pyridine rings is 1. The lowest BCUT2D eigenvalue weighted by atomic mass is 10.1. The lowest BCUT2D eigenvalue weighted by Gasteiger charge is -2.12. The second-order valence-electron chi connectivity index (χ2n) is 6.83. The number of para-hydroxylation sites is 1. The highest BCUT2D eigenvalue weighted by Gasteiger charge is 2.22. The number of ether oxygens (including phenoxy) is 1. The summed E-state index contributed by atoms with van der Waals surface area (Å²) in [5.41, 5.74) is 3.18. The summed E-state index contributed by atoms with van der Waals surface area (Å²) in [7, 11) is 0. The van der Waals surface area contributed by atoms with E-state index in [4.69, 9.17) is 4.74 Å². The van der Waals surface area contributed by atoms with Crippen LogP contribution in [0, 0.1) is 20.8 Å². The van der Waals surface area contributed by atoms with E-state index in [2.05, 4.69) is 15.0 Å². The second kappa shape index (κ2) is 6.83. The molecule has 1 unspecified atom stereocenters. The number of thiophene rings is 1. The molecule has 0 bridgehead atoms. The van der Waals surface area contributed by atoms with Crippen LogP contribution in [0.25, 0.3) is 21.1 Å². The lowest BCUT2D eigenvalue weighted by molar-refractivity contribution is 0.0325. The Morgan fingerprint density at radius 2 is 1.93 bits per heavy atom. The summed E-state index contributed by atoms with van der Waals surface area (Å²) in [6.07, 6.45) is -0.690. The molecule has 0 radical (unpaired) electrons.